The molecule has 1 amide bonds. The van der Waals surface area contributed by atoms with Gasteiger partial charge in [0.05, 0.1) is 24.0 Å². The van der Waals surface area contributed by atoms with Crippen molar-refractivity contribution >= 4 is 40.0 Å². The third-order valence-electron chi connectivity index (χ3n) is 6.37. The first kappa shape index (κ1) is 25.5. The molecule has 6 nitrogen and oxygen atoms in total. The molecule has 4 aromatic carbocycles. The smallest absolute Gasteiger partial charge is 0.332 e. The molecule has 5 rings (SSSR count). The van der Waals surface area contributed by atoms with Gasteiger partial charge in [-0.3, -0.25) is 18.7 Å². The highest BCUT2D eigenvalue weighted by atomic mass is 35.5. The average molecular weight is 544 g/mol. The van der Waals surface area contributed by atoms with Crippen molar-refractivity contribution in [3.63, 3.8) is 0 Å². The van der Waals surface area contributed by atoms with E-state index in [0.29, 0.717) is 38.6 Å². The van der Waals surface area contributed by atoms with Crippen molar-refractivity contribution in [3.8, 4) is 0 Å². The van der Waals surface area contributed by atoms with Crippen LogP contribution < -0.4 is 16.6 Å². The van der Waals surface area contributed by atoms with Crippen LogP contribution in [0.3, 0.4) is 0 Å². The summed E-state index contributed by atoms with van der Waals surface area (Å²) in [5.41, 5.74) is 2.51. The van der Waals surface area contributed by atoms with Crippen LogP contribution in [0.4, 0.5) is 0 Å². The zero-order valence-electron chi connectivity index (χ0n) is 20.2. The number of rotatable bonds is 7. The summed E-state index contributed by atoms with van der Waals surface area (Å²) >= 11 is 12.5. The van der Waals surface area contributed by atoms with Gasteiger partial charge in [0.15, 0.2) is 0 Å². The van der Waals surface area contributed by atoms with Gasteiger partial charge < -0.3 is 5.32 Å². The standard InChI is InChI=1S/C30H23Cl2N3O3/c31-25-10-4-1-7-22(25)17-33-28(36)21-15-13-20(14-16-21)18-35-29(37)24-9-3-6-12-27(24)34(30(35)38)19-23-8-2-5-11-26(23)32/h1-16H,17-19H2,(H,33,36). The van der Waals surface area contributed by atoms with Crippen molar-refractivity contribution in [1.29, 1.82) is 0 Å². The van der Waals surface area contributed by atoms with E-state index in [9.17, 15) is 14.4 Å². The van der Waals surface area contributed by atoms with Gasteiger partial charge in [-0.1, -0.05) is 83.9 Å². The van der Waals surface area contributed by atoms with Gasteiger partial charge in [-0.15, -0.1) is 0 Å². The molecule has 1 aromatic heterocycles. The van der Waals surface area contributed by atoms with Gasteiger partial charge in [-0.2, -0.15) is 0 Å². The lowest BCUT2D eigenvalue weighted by Gasteiger charge is -2.15. The van der Waals surface area contributed by atoms with Crippen molar-refractivity contribution in [2.45, 2.75) is 19.6 Å². The van der Waals surface area contributed by atoms with Gasteiger partial charge in [-0.25, -0.2) is 4.79 Å². The fourth-order valence-corrected chi connectivity index (χ4v) is 4.72. The summed E-state index contributed by atoms with van der Waals surface area (Å²) in [6, 6.07) is 28.5. The fraction of sp³-hybridized carbons (Fsp3) is 0.100. The molecule has 0 radical (unpaired) electrons. The summed E-state index contributed by atoms with van der Waals surface area (Å²) < 4.78 is 2.78. The summed E-state index contributed by atoms with van der Waals surface area (Å²) in [6.45, 7) is 0.591. The summed E-state index contributed by atoms with van der Waals surface area (Å²) in [5.74, 6) is -0.249. The second-order valence-electron chi connectivity index (χ2n) is 8.84. The van der Waals surface area contributed by atoms with Gasteiger partial charge in [0.2, 0.25) is 0 Å². The summed E-state index contributed by atoms with van der Waals surface area (Å²) in [4.78, 5) is 39.5. The van der Waals surface area contributed by atoms with E-state index in [1.807, 2.05) is 36.4 Å². The quantitative estimate of drug-likeness (QED) is 0.294. The number of benzene rings is 4. The zero-order valence-corrected chi connectivity index (χ0v) is 21.7. The number of nitrogens with one attached hydrogen (secondary N) is 1. The van der Waals surface area contributed by atoms with Crippen molar-refractivity contribution in [1.82, 2.24) is 14.5 Å². The lowest BCUT2D eigenvalue weighted by molar-refractivity contribution is 0.0951. The molecule has 0 unspecified atom stereocenters. The van der Waals surface area contributed by atoms with Crippen LogP contribution in [0.15, 0.2) is 107 Å². The molecule has 0 fully saturated rings. The molecule has 0 aliphatic carbocycles. The Bertz CT molecular complexity index is 1760. The molecule has 1 N–H and O–H groups in total. The Morgan fingerprint density at radius 2 is 1.29 bits per heavy atom. The van der Waals surface area contributed by atoms with Crippen LogP contribution in [0.25, 0.3) is 10.9 Å². The van der Waals surface area contributed by atoms with Crippen molar-refractivity contribution in [2.75, 3.05) is 0 Å². The number of hydrogen-bond acceptors (Lipinski definition) is 3. The van der Waals surface area contributed by atoms with Crippen LogP contribution >= 0.6 is 23.2 Å². The summed E-state index contributed by atoms with van der Waals surface area (Å²) in [5, 5.41) is 4.43. The van der Waals surface area contributed by atoms with E-state index in [1.165, 1.54) is 4.57 Å². The molecule has 1 heterocycles. The molecule has 38 heavy (non-hydrogen) atoms. The summed E-state index contributed by atoms with van der Waals surface area (Å²) in [6.07, 6.45) is 0. The fourth-order valence-electron chi connectivity index (χ4n) is 4.32. The van der Waals surface area contributed by atoms with E-state index >= 15 is 0 Å². The Morgan fingerprint density at radius 1 is 0.684 bits per heavy atom. The Balaban J connectivity index is 1.42. The minimum absolute atomic E-state index is 0.0620. The average Bonchev–Trinajstić information content (AvgIpc) is 2.94. The van der Waals surface area contributed by atoms with Crippen molar-refractivity contribution < 1.29 is 4.79 Å². The van der Waals surface area contributed by atoms with Gasteiger partial charge in [0.25, 0.3) is 11.5 Å². The van der Waals surface area contributed by atoms with E-state index in [1.54, 1.807) is 65.2 Å². The number of carbonyl (C=O) groups excluding carboxylic acids is 1. The van der Waals surface area contributed by atoms with E-state index in [2.05, 4.69) is 5.32 Å². The largest absolute Gasteiger partial charge is 0.348 e. The van der Waals surface area contributed by atoms with E-state index in [0.717, 1.165) is 11.1 Å². The number of para-hydroxylation sites is 1. The van der Waals surface area contributed by atoms with E-state index < -0.39 is 5.69 Å². The van der Waals surface area contributed by atoms with Crippen LogP contribution in [0.2, 0.25) is 10.0 Å². The number of nitrogens with zero attached hydrogens (tertiary/aromatic N) is 2. The molecular weight excluding hydrogens is 521 g/mol. The van der Waals surface area contributed by atoms with Crippen LogP contribution in [-0.4, -0.2) is 15.0 Å². The topological polar surface area (TPSA) is 73.1 Å². The number of hydrogen-bond donors (Lipinski definition) is 1. The molecule has 8 heteroatoms. The first-order valence-corrected chi connectivity index (χ1v) is 12.7. The molecule has 0 aliphatic rings. The number of amides is 1. The van der Waals surface area contributed by atoms with Crippen molar-refractivity contribution in [2.24, 2.45) is 0 Å². The first-order chi connectivity index (χ1) is 18.4. The molecule has 0 bridgehead atoms. The second kappa shape index (κ2) is 11.1. The highest BCUT2D eigenvalue weighted by Gasteiger charge is 2.15. The molecule has 0 atom stereocenters. The van der Waals surface area contributed by atoms with Crippen LogP contribution in [0.1, 0.15) is 27.0 Å². The third-order valence-corrected chi connectivity index (χ3v) is 7.11. The maximum atomic E-state index is 13.6. The van der Waals surface area contributed by atoms with Gasteiger partial charge >= 0.3 is 5.69 Å². The predicted molar refractivity (Wildman–Crippen MR) is 151 cm³/mol. The predicted octanol–water partition coefficient (Wildman–Crippen LogP) is 5.50. The zero-order chi connectivity index (χ0) is 26.6. The molecular formula is C30H23Cl2N3O3. The highest BCUT2D eigenvalue weighted by Crippen LogP contribution is 2.18. The lowest BCUT2D eigenvalue weighted by Crippen LogP contribution is -2.40. The van der Waals surface area contributed by atoms with E-state index in [-0.39, 0.29) is 24.6 Å². The normalized spacial score (nSPS) is 11.0. The molecule has 5 aromatic rings. The summed E-state index contributed by atoms with van der Waals surface area (Å²) in [7, 11) is 0. The van der Waals surface area contributed by atoms with Gasteiger partial charge in [0, 0.05) is 22.2 Å². The number of fused-ring (bicyclic) bond motifs is 1. The maximum absolute atomic E-state index is 13.6. The Morgan fingerprint density at radius 3 is 1.97 bits per heavy atom. The Labute approximate surface area is 228 Å². The van der Waals surface area contributed by atoms with Crippen LogP contribution in [-0.2, 0) is 19.6 Å². The Kier molecular flexibility index (Phi) is 7.45. The van der Waals surface area contributed by atoms with Crippen LogP contribution in [0.5, 0.6) is 0 Å². The monoisotopic (exact) mass is 543 g/mol. The maximum Gasteiger partial charge on any atom is 0.332 e. The van der Waals surface area contributed by atoms with Crippen molar-refractivity contribution in [3.05, 3.63) is 150 Å². The molecule has 0 aliphatic heterocycles. The molecule has 0 saturated heterocycles. The lowest BCUT2D eigenvalue weighted by atomic mass is 10.1. The minimum atomic E-state index is -0.435. The minimum Gasteiger partial charge on any atom is -0.348 e. The van der Waals surface area contributed by atoms with Gasteiger partial charge in [0.1, 0.15) is 0 Å². The van der Waals surface area contributed by atoms with E-state index in [4.69, 9.17) is 23.2 Å². The van der Waals surface area contributed by atoms with Crippen LogP contribution in [0, 0.1) is 0 Å². The first-order valence-electron chi connectivity index (χ1n) is 12.0. The second-order valence-corrected chi connectivity index (χ2v) is 9.65. The molecule has 190 valence electrons. The Hall–Kier alpha value is -4.13. The molecule has 0 saturated carbocycles. The SMILES string of the molecule is O=C(NCc1ccccc1Cl)c1ccc(Cn2c(=O)c3ccccc3n(Cc3ccccc3Cl)c2=O)cc1. The molecule has 0 spiro atoms. The van der Waals surface area contributed by atoms with Gasteiger partial charge in [-0.05, 0) is 53.1 Å². The number of halogens is 2. The number of carbonyl (C=O) groups is 1. The third kappa shape index (κ3) is 5.28. The highest BCUT2D eigenvalue weighted by molar-refractivity contribution is 6.31. The number of aromatic nitrogens is 2.